The van der Waals surface area contributed by atoms with Crippen LogP contribution in [0.1, 0.15) is 13.8 Å². The average molecular weight is 221 g/mol. The molecule has 0 spiro atoms. The van der Waals surface area contributed by atoms with Crippen molar-refractivity contribution in [2.45, 2.75) is 19.4 Å². The Labute approximate surface area is 87.3 Å². The molecule has 0 aromatic rings. The summed E-state index contributed by atoms with van der Waals surface area (Å²) in [6.45, 7) is 3.09. The van der Waals surface area contributed by atoms with E-state index in [0.717, 1.165) is 4.42 Å². The predicted octanol–water partition coefficient (Wildman–Crippen LogP) is -0.418. The van der Waals surface area contributed by atoms with Gasteiger partial charge in [-0.1, -0.05) is 0 Å². The van der Waals surface area contributed by atoms with Crippen LogP contribution in [0.2, 0.25) is 0 Å². The lowest BCUT2D eigenvalue weighted by Gasteiger charge is -2.41. The highest BCUT2D eigenvalue weighted by Crippen LogP contribution is 2.24. The quantitative estimate of drug-likeness (QED) is 0.644. The van der Waals surface area contributed by atoms with E-state index in [9.17, 15) is 9.59 Å². The third kappa shape index (κ3) is 1.69. The minimum Gasteiger partial charge on any atom is -0.395 e. The summed E-state index contributed by atoms with van der Waals surface area (Å²) < 4.78 is 0.920. The summed E-state index contributed by atoms with van der Waals surface area (Å²) in [7, 11) is 0. The van der Waals surface area contributed by atoms with Crippen LogP contribution < -0.4 is 0 Å². The number of halogens is 1. The number of amides is 2. The summed E-state index contributed by atoms with van der Waals surface area (Å²) in [6.07, 6.45) is 0. The largest absolute Gasteiger partial charge is 0.395 e. The van der Waals surface area contributed by atoms with E-state index in [1.807, 2.05) is 0 Å². The van der Waals surface area contributed by atoms with E-state index in [-0.39, 0.29) is 31.5 Å². The Morgan fingerprint density at radius 1 is 1.50 bits per heavy atom. The van der Waals surface area contributed by atoms with E-state index >= 15 is 0 Å². The molecular weight excluding hydrogens is 208 g/mol. The smallest absolute Gasteiger partial charge is 0.257 e. The number of hydrogen-bond acceptors (Lipinski definition) is 3. The van der Waals surface area contributed by atoms with E-state index in [2.05, 4.69) is 0 Å². The molecule has 1 N–H and O–H groups in total. The fraction of sp³-hybridized carbons (Fsp3) is 0.750. The zero-order valence-electron chi connectivity index (χ0n) is 8.16. The number of aliphatic hydroxyl groups excluding tert-OH is 1. The lowest BCUT2D eigenvalue weighted by atomic mass is 10.0. The lowest BCUT2D eigenvalue weighted by molar-refractivity contribution is -0.156. The molecule has 1 saturated heterocycles. The number of rotatable bonds is 2. The molecule has 0 atom stereocenters. The number of hydrogen-bond donors (Lipinski definition) is 1. The number of carbonyl (C=O) groups excluding carboxylic acids is 2. The molecule has 0 aliphatic carbocycles. The van der Waals surface area contributed by atoms with Crippen molar-refractivity contribution in [2.24, 2.45) is 0 Å². The molecule has 0 unspecified atom stereocenters. The highest BCUT2D eigenvalue weighted by Gasteiger charge is 2.45. The molecule has 0 radical (unpaired) electrons. The Morgan fingerprint density at radius 3 is 2.57 bits per heavy atom. The van der Waals surface area contributed by atoms with E-state index in [0.29, 0.717) is 0 Å². The van der Waals surface area contributed by atoms with Gasteiger partial charge in [-0.2, -0.15) is 0 Å². The molecule has 1 heterocycles. The van der Waals surface area contributed by atoms with Crippen molar-refractivity contribution in [3.8, 4) is 0 Å². The van der Waals surface area contributed by atoms with Gasteiger partial charge >= 0.3 is 0 Å². The van der Waals surface area contributed by atoms with Gasteiger partial charge in [0.2, 0.25) is 5.91 Å². The summed E-state index contributed by atoms with van der Waals surface area (Å²) >= 11 is 5.69. The molecule has 0 aromatic carbocycles. The molecule has 2 amide bonds. The van der Waals surface area contributed by atoms with Crippen molar-refractivity contribution in [1.29, 1.82) is 0 Å². The fourth-order valence-corrected chi connectivity index (χ4v) is 1.51. The highest BCUT2D eigenvalue weighted by atomic mass is 35.5. The molecular formula is C8H13ClN2O3. The van der Waals surface area contributed by atoms with Crippen molar-refractivity contribution < 1.29 is 14.7 Å². The predicted molar refractivity (Wildman–Crippen MR) is 50.4 cm³/mol. The van der Waals surface area contributed by atoms with Crippen molar-refractivity contribution in [3.63, 3.8) is 0 Å². The van der Waals surface area contributed by atoms with E-state index in [4.69, 9.17) is 16.9 Å². The minimum absolute atomic E-state index is 0.0632. The van der Waals surface area contributed by atoms with Crippen LogP contribution in [0.3, 0.4) is 0 Å². The van der Waals surface area contributed by atoms with Crippen LogP contribution in [0.5, 0.6) is 0 Å². The van der Waals surface area contributed by atoms with Gasteiger partial charge in [-0.3, -0.25) is 9.59 Å². The van der Waals surface area contributed by atoms with E-state index < -0.39 is 5.54 Å². The maximum absolute atomic E-state index is 11.7. The molecule has 1 aliphatic rings. The standard InChI is InChI=1S/C8H13ClN2O3/c1-8(2)7(14)10(3-4-12)5-6(13)11(8)9/h12H,3-5H2,1-2H3. The minimum atomic E-state index is -1.04. The van der Waals surface area contributed by atoms with Crippen molar-refractivity contribution in [3.05, 3.63) is 0 Å². The summed E-state index contributed by atoms with van der Waals surface area (Å²) in [5.74, 6) is -0.578. The SMILES string of the molecule is CC1(C)C(=O)N(CCO)CC(=O)N1Cl. The van der Waals surface area contributed by atoms with Crippen LogP contribution >= 0.6 is 11.8 Å². The first-order valence-corrected chi connectivity index (χ1v) is 4.64. The van der Waals surface area contributed by atoms with Crippen molar-refractivity contribution >= 4 is 23.6 Å². The summed E-state index contributed by atoms with van der Waals surface area (Å²) in [6, 6.07) is 0. The number of aliphatic hydroxyl groups is 1. The van der Waals surface area contributed by atoms with Gasteiger partial charge in [0.05, 0.1) is 6.61 Å². The molecule has 6 heteroatoms. The number of β-amino-alcohol motifs (C(OH)–C–C–N with tert-alkyl or cyclic N) is 1. The fourth-order valence-electron chi connectivity index (χ4n) is 1.38. The van der Waals surface area contributed by atoms with Crippen molar-refractivity contribution in [2.75, 3.05) is 19.7 Å². The van der Waals surface area contributed by atoms with Gasteiger partial charge in [-0.25, -0.2) is 4.42 Å². The van der Waals surface area contributed by atoms with Gasteiger partial charge in [0.1, 0.15) is 12.1 Å². The molecule has 0 bridgehead atoms. The number of piperazine rings is 1. The van der Waals surface area contributed by atoms with Crippen LogP contribution in [0.25, 0.3) is 0 Å². The van der Waals surface area contributed by atoms with Gasteiger partial charge in [-0.15, -0.1) is 0 Å². The average Bonchev–Trinajstić information content (AvgIpc) is 2.12. The number of carbonyl (C=O) groups is 2. The molecule has 80 valence electrons. The molecule has 14 heavy (non-hydrogen) atoms. The van der Waals surface area contributed by atoms with E-state index in [1.54, 1.807) is 13.8 Å². The summed E-state index contributed by atoms with van der Waals surface area (Å²) in [4.78, 5) is 24.4. The normalized spacial score (nSPS) is 21.7. The molecule has 1 rings (SSSR count). The molecule has 1 aliphatic heterocycles. The molecule has 0 aromatic heterocycles. The number of nitrogens with zero attached hydrogens (tertiary/aromatic N) is 2. The van der Waals surface area contributed by atoms with Crippen LogP contribution in [-0.2, 0) is 9.59 Å². The zero-order chi connectivity index (χ0) is 10.9. The van der Waals surface area contributed by atoms with Crippen LogP contribution in [0, 0.1) is 0 Å². The molecule has 5 nitrogen and oxygen atoms in total. The molecule has 1 fully saturated rings. The first-order valence-electron chi connectivity index (χ1n) is 4.30. The Balaban J connectivity index is 2.88. The van der Waals surface area contributed by atoms with Crippen LogP contribution in [0.4, 0.5) is 0 Å². The zero-order valence-corrected chi connectivity index (χ0v) is 8.91. The van der Waals surface area contributed by atoms with Crippen LogP contribution in [0.15, 0.2) is 0 Å². The van der Waals surface area contributed by atoms with Gasteiger partial charge < -0.3 is 10.0 Å². The van der Waals surface area contributed by atoms with Gasteiger partial charge in [-0.05, 0) is 13.8 Å². The Morgan fingerprint density at radius 2 is 2.07 bits per heavy atom. The van der Waals surface area contributed by atoms with Gasteiger partial charge in [0.25, 0.3) is 5.91 Å². The van der Waals surface area contributed by atoms with Crippen molar-refractivity contribution in [1.82, 2.24) is 9.32 Å². The van der Waals surface area contributed by atoms with Gasteiger partial charge in [0.15, 0.2) is 0 Å². The third-order valence-corrected chi connectivity index (χ3v) is 2.83. The highest BCUT2D eigenvalue weighted by molar-refractivity contribution is 6.25. The summed E-state index contributed by atoms with van der Waals surface area (Å²) in [5.41, 5.74) is -1.04. The third-order valence-electron chi connectivity index (χ3n) is 2.22. The maximum atomic E-state index is 11.7. The molecule has 0 saturated carbocycles. The van der Waals surface area contributed by atoms with Gasteiger partial charge in [0, 0.05) is 18.3 Å². The second kappa shape index (κ2) is 3.74. The maximum Gasteiger partial charge on any atom is 0.257 e. The Hall–Kier alpha value is -0.810. The second-order valence-corrected chi connectivity index (χ2v) is 4.02. The monoisotopic (exact) mass is 220 g/mol. The van der Waals surface area contributed by atoms with E-state index in [1.165, 1.54) is 4.90 Å². The first kappa shape index (κ1) is 11.3. The van der Waals surface area contributed by atoms with Crippen LogP contribution in [-0.4, -0.2) is 51.5 Å². The lowest BCUT2D eigenvalue weighted by Crippen LogP contribution is -2.62. The summed E-state index contributed by atoms with van der Waals surface area (Å²) in [5, 5.41) is 8.71. The Kier molecular flexibility index (Phi) is 3.01. The Bertz CT molecular complexity index is 267. The second-order valence-electron chi connectivity index (χ2n) is 3.68. The topological polar surface area (TPSA) is 60.9 Å². The first-order chi connectivity index (χ1) is 6.41.